The Morgan fingerprint density at radius 2 is 1.73 bits per heavy atom. The Balaban J connectivity index is 1.98. The lowest BCUT2D eigenvalue weighted by molar-refractivity contribution is 0.177. The Morgan fingerprint density at radius 3 is 2.27 bits per heavy atom. The van der Waals surface area contributed by atoms with E-state index in [0.717, 1.165) is 31.0 Å². The predicted molar refractivity (Wildman–Crippen MR) is 63.2 cm³/mol. The lowest BCUT2D eigenvalue weighted by Crippen LogP contribution is -2.33. The largest absolute Gasteiger partial charge is 0.375 e. The van der Waals surface area contributed by atoms with Crippen LogP contribution in [-0.4, -0.2) is 20.2 Å². The topological polar surface area (TPSA) is 12.5 Å². The molecule has 0 bridgehead atoms. The fourth-order valence-electron chi connectivity index (χ4n) is 1.87. The van der Waals surface area contributed by atoms with Crippen LogP contribution in [0.15, 0.2) is 24.3 Å². The summed E-state index contributed by atoms with van der Waals surface area (Å²) in [5.41, 5.74) is 1.24. The van der Waals surface area contributed by atoms with E-state index in [2.05, 4.69) is 17.0 Å². The molecule has 0 spiro atoms. The van der Waals surface area contributed by atoms with E-state index in [1.807, 2.05) is 12.1 Å². The average molecular weight is 225 g/mol. The van der Waals surface area contributed by atoms with Crippen molar-refractivity contribution in [2.24, 2.45) is 0 Å². The Labute approximate surface area is 95.8 Å². The molecule has 0 unspecified atom stereocenters. The van der Waals surface area contributed by atoms with Gasteiger partial charge >= 0.3 is 0 Å². The SMILES string of the molecule is CO[C]1CCN(c2ccc(Cl)cc2)CC1. The van der Waals surface area contributed by atoms with Gasteiger partial charge in [-0.25, -0.2) is 0 Å². The molecule has 0 saturated carbocycles. The molecule has 3 heteroatoms. The number of piperidine rings is 1. The van der Waals surface area contributed by atoms with Gasteiger partial charge in [0.25, 0.3) is 0 Å². The third-order valence-electron chi connectivity index (χ3n) is 2.80. The molecule has 0 N–H and O–H groups in total. The van der Waals surface area contributed by atoms with Gasteiger partial charge in [0.15, 0.2) is 0 Å². The minimum atomic E-state index is 0.792. The zero-order valence-electron chi connectivity index (χ0n) is 8.87. The molecule has 15 heavy (non-hydrogen) atoms. The van der Waals surface area contributed by atoms with Gasteiger partial charge in [0.2, 0.25) is 0 Å². The van der Waals surface area contributed by atoms with Crippen LogP contribution in [0.5, 0.6) is 0 Å². The third kappa shape index (κ3) is 2.64. The first kappa shape index (κ1) is 10.8. The Bertz CT molecular complexity index is 304. The molecule has 1 heterocycles. The molecular formula is C12H15ClNO. The molecule has 0 aromatic heterocycles. The molecule has 1 fully saturated rings. The summed E-state index contributed by atoms with van der Waals surface area (Å²) >= 11 is 5.85. The first-order valence-corrected chi connectivity index (χ1v) is 5.56. The molecular weight excluding hydrogens is 210 g/mol. The van der Waals surface area contributed by atoms with Gasteiger partial charge in [0.05, 0.1) is 0 Å². The molecule has 2 rings (SSSR count). The number of halogens is 1. The molecule has 1 aliphatic heterocycles. The summed E-state index contributed by atoms with van der Waals surface area (Å²) in [4.78, 5) is 2.36. The maximum absolute atomic E-state index is 5.85. The lowest BCUT2D eigenvalue weighted by atomic mass is 10.1. The molecule has 2 nitrogen and oxygen atoms in total. The zero-order chi connectivity index (χ0) is 10.7. The van der Waals surface area contributed by atoms with Crippen molar-refractivity contribution in [1.29, 1.82) is 0 Å². The van der Waals surface area contributed by atoms with Crippen LogP contribution >= 0.6 is 11.6 Å². The van der Waals surface area contributed by atoms with Gasteiger partial charge < -0.3 is 9.64 Å². The van der Waals surface area contributed by atoms with Crippen molar-refractivity contribution in [2.75, 3.05) is 25.1 Å². The van der Waals surface area contributed by atoms with Crippen molar-refractivity contribution in [3.05, 3.63) is 35.4 Å². The molecule has 81 valence electrons. The highest BCUT2D eigenvalue weighted by Gasteiger charge is 2.19. The second-order valence-corrected chi connectivity index (χ2v) is 4.14. The van der Waals surface area contributed by atoms with E-state index in [-0.39, 0.29) is 0 Å². The van der Waals surface area contributed by atoms with Crippen LogP contribution in [0.3, 0.4) is 0 Å². The van der Waals surface area contributed by atoms with Crippen molar-refractivity contribution in [1.82, 2.24) is 0 Å². The summed E-state index contributed by atoms with van der Waals surface area (Å²) < 4.78 is 5.26. The van der Waals surface area contributed by atoms with Gasteiger partial charge in [-0.1, -0.05) is 11.6 Å². The average Bonchev–Trinajstić information content (AvgIpc) is 2.30. The number of ether oxygens (including phenoxy) is 1. The van der Waals surface area contributed by atoms with Crippen molar-refractivity contribution >= 4 is 17.3 Å². The van der Waals surface area contributed by atoms with Crippen molar-refractivity contribution < 1.29 is 4.74 Å². The minimum Gasteiger partial charge on any atom is -0.375 e. The van der Waals surface area contributed by atoms with Gasteiger partial charge in [0.1, 0.15) is 6.10 Å². The smallest absolute Gasteiger partial charge is 0.100 e. The normalized spacial score (nSPS) is 18.1. The first-order chi connectivity index (χ1) is 7.29. The number of anilines is 1. The van der Waals surface area contributed by atoms with Gasteiger partial charge in [-0.15, -0.1) is 0 Å². The molecule has 1 aliphatic rings. The van der Waals surface area contributed by atoms with Gasteiger partial charge in [-0.05, 0) is 37.1 Å². The summed E-state index contributed by atoms with van der Waals surface area (Å²) in [6.07, 6.45) is 3.26. The van der Waals surface area contributed by atoms with Crippen LogP contribution in [0.25, 0.3) is 0 Å². The molecule has 1 saturated heterocycles. The number of hydrogen-bond acceptors (Lipinski definition) is 2. The molecule has 1 aromatic rings. The van der Waals surface area contributed by atoms with E-state index in [1.54, 1.807) is 7.11 Å². The number of nitrogens with zero attached hydrogens (tertiary/aromatic N) is 1. The van der Waals surface area contributed by atoms with Crippen molar-refractivity contribution in [2.45, 2.75) is 12.8 Å². The summed E-state index contributed by atoms with van der Waals surface area (Å²) in [7, 11) is 1.76. The molecule has 1 aromatic carbocycles. The highest BCUT2D eigenvalue weighted by atomic mass is 35.5. The maximum Gasteiger partial charge on any atom is 0.100 e. The monoisotopic (exact) mass is 224 g/mol. The van der Waals surface area contributed by atoms with Crippen LogP contribution in [-0.2, 0) is 4.74 Å². The van der Waals surface area contributed by atoms with Crippen LogP contribution in [0.1, 0.15) is 12.8 Å². The number of methoxy groups -OCH3 is 1. The third-order valence-corrected chi connectivity index (χ3v) is 3.05. The van der Waals surface area contributed by atoms with E-state index < -0.39 is 0 Å². The van der Waals surface area contributed by atoms with Crippen molar-refractivity contribution in [3.63, 3.8) is 0 Å². The van der Waals surface area contributed by atoms with Gasteiger partial charge in [0, 0.05) is 30.9 Å². The standard InChI is InChI=1S/C12H15ClNO/c1-15-12-6-8-14(9-7-12)11-4-2-10(13)3-5-11/h2-5H,6-9H2,1H3. The van der Waals surface area contributed by atoms with Gasteiger partial charge in [-0.3, -0.25) is 0 Å². The molecule has 0 atom stereocenters. The van der Waals surface area contributed by atoms with Gasteiger partial charge in [-0.2, -0.15) is 0 Å². The second kappa shape index (κ2) is 4.86. The predicted octanol–water partition coefficient (Wildman–Crippen LogP) is 3.12. The summed E-state index contributed by atoms with van der Waals surface area (Å²) in [6, 6.07) is 8.01. The van der Waals surface area contributed by atoms with Crippen LogP contribution in [0, 0.1) is 6.10 Å². The van der Waals surface area contributed by atoms with Crippen LogP contribution in [0.2, 0.25) is 5.02 Å². The summed E-state index contributed by atoms with van der Waals surface area (Å²) in [6.45, 7) is 2.07. The highest BCUT2D eigenvalue weighted by Crippen LogP contribution is 2.25. The number of benzene rings is 1. The number of hydrogen-bond donors (Lipinski definition) is 0. The van der Waals surface area contributed by atoms with E-state index in [4.69, 9.17) is 16.3 Å². The molecule has 0 amide bonds. The summed E-state index contributed by atoms with van der Waals surface area (Å²) in [5, 5.41) is 0.792. The second-order valence-electron chi connectivity index (χ2n) is 3.71. The Hall–Kier alpha value is -0.730. The Morgan fingerprint density at radius 1 is 1.13 bits per heavy atom. The van der Waals surface area contributed by atoms with E-state index in [9.17, 15) is 0 Å². The van der Waals surface area contributed by atoms with Crippen molar-refractivity contribution in [3.8, 4) is 0 Å². The van der Waals surface area contributed by atoms with Crippen LogP contribution < -0.4 is 4.90 Å². The minimum absolute atomic E-state index is 0.792. The lowest BCUT2D eigenvalue weighted by Gasteiger charge is -2.32. The van der Waals surface area contributed by atoms with E-state index >= 15 is 0 Å². The highest BCUT2D eigenvalue weighted by molar-refractivity contribution is 6.30. The fourth-order valence-corrected chi connectivity index (χ4v) is 2.00. The maximum atomic E-state index is 5.85. The van der Waals surface area contributed by atoms with E-state index in [1.165, 1.54) is 11.8 Å². The first-order valence-electron chi connectivity index (χ1n) is 5.19. The fraction of sp³-hybridized carbons (Fsp3) is 0.417. The quantitative estimate of drug-likeness (QED) is 0.766. The number of rotatable bonds is 2. The molecule has 1 radical (unpaired) electrons. The Kier molecular flexibility index (Phi) is 3.49. The zero-order valence-corrected chi connectivity index (χ0v) is 9.63. The van der Waals surface area contributed by atoms with Crippen LogP contribution in [0.4, 0.5) is 5.69 Å². The molecule has 0 aliphatic carbocycles. The van der Waals surface area contributed by atoms with E-state index in [0.29, 0.717) is 0 Å². The summed E-state index contributed by atoms with van der Waals surface area (Å²) in [5.74, 6) is 0.